The molecule has 1 aromatic heterocycles. The van der Waals surface area contributed by atoms with Gasteiger partial charge in [-0.3, -0.25) is 9.69 Å². The van der Waals surface area contributed by atoms with Gasteiger partial charge in [-0.05, 0) is 26.3 Å². The van der Waals surface area contributed by atoms with Crippen molar-refractivity contribution in [3.8, 4) is 0 Å². The molecule has 0 saturated carbocycles. The van der Waals surface area contributed by atoms with E-state index >= 15 is 0 Å². The van der Waals surface area contributed by atoms with Crippen molar-refractivity contribution in [3.63, 3.8) is 0 Å². The van der Waals surface area contributed by atoms with E-state index in [1.54, 1.807) is 0 Å². The number of halogens is 1. The second kappa shape index (κ2) is 7.24. The van der Waals surface area contributed by atoms with Crippen LogP contribution in [-0.4, -0.2) is 59.6 Å². The zero-order chi connectivity index (χ0) is 13.9. The fourth-order valence-corrected chi connectivity index (χ4v) is 2.96. The van der Waals surface area contributed by atoms with Gasteiger partial charge in [-0.2, -0.15) is 0 Å². The largest absolute Gasteiger partial charge is 0.361 e. The summed E-state index contributed by atoms with van der Waals surface area (Å²) in [7, 11) is 0. The number of rotatable bonds is 3. The van der Waals surface area contributed by atoms with E-state index in [0.29, 0.717) is 0 Å². The number of piperazine rings is 1. The van der Waals surface area contributed by atoms with Gasteiger partial charge >= 0.3 is 0 Å². The number of hydrogen-bond acceptors (Lipinski definition) is 5. The van der Waals surface area contributed by atoms with Crippen LogP contribution in [0.1, 0.15) is 24.3 Å². The van der Waals surface area contributed by atoms with Gasteiger partial charge in [0.15, 0.2) is 0 Å². The van der Waals surface area contributed by atoms with Crippen LogP contribution in [-0.2, 0) is 11.3 Å². The van der Waals surface area contributed by atoms with Crippen LogP contribution in [0.5, 0.6) is 0 Å². The third-order valence-electron chi connectivity index (χ3n) is 4.10. The van der Waals surface area contributed by atoms with Crippen LogP contribution in [0.3, 0.4) is 0 Å². The van der Waals surface area contributed by atoms with Gasteiger partial charge < -0.3 is 14.7 Å². The summed E-state index contributed by atoms with van der Waals surface area (Å²) in [5, 5.41) is 7.30. The van der Waals surface area contributed by atoms with Gasteiger partial charge in [0.1, 0.15) is 5.76 Å². The van der Waals surface area contributed by atoms with E-state index in [0.717, 1.165) is 63.6 Å². The number of aromatic nitrogens is 1. The van der Waals surface area contributed by atoms with Crippen molar-refractivity contribution in [2.24, 2.45) is 0 Å². The van der Waals surface area contributed by atoms with E-state index in [1.807, 2.05) is 17.9 Å². The molecular formula is C14H23ClN4O2. The molecule has 1 atom stereocenters. The molecule has 2 saturated heterocycles. The fourth-order valence-electron chi connectivity index (χ4n) is 2.96. The average Bonchev–Trinajstić information content (AvgIpc) is 3.11. The lowest BCUT2D eigenvalue weighted by atomic mass is 10.2. The Bertz CT molecular complexity index is 465. The van der Waals surface area contributed by atoms with Gasteiger partial charge in [-0.15, -0.1) is 12.4 Å². The molecule has 3 rings (SSSR count). The molecule has 3 heterocycles. The van der Waals surface area contributed by atoms with Crippen LogP contribution in [0.2, 0.25) is 0 Å². The Hall–Kier alpha value is -1.11. The Balaban J connectivity index is 0.00000161. The summed E-state index contributed by atoms with van der Waals surface area (Å²) in [6, 6.07) is 2.03. The molecule has 0 radical (unpaired) electrons. The van der Waals surface area contributed by atoms with Crippen molar-refractivity contribution in [1.29, 1.82) is 0 Å². The van der Waals surface area contributed by atoms with Gasteiger partial charge in [0, 0.05) is 38.8 Å². The number of carbonyl (C=O) groups is 1. The van der Waals surface area contributed by atoms with Crippen LogP contribution < -0.4 is 5.32 Å². The summed E-state index contributed by atoms with van der Waals surface area (Å²) in [5.41, 5.74) is 0.972. The Morgan fingerprint density at radius 2 is 2.19 bits per heavy atom. The third-order valence-corrected chi connectivity index (χ3v) is 4.10. The zero-order valence-corrected chi connectivity index (χ0v) is 13.2. The van der Waals surface area contributed by atoms with Crippen LogP contribution >= 0.6 is 12.4 Å². The first kappa shape index (κ1) is 16.3. The molecule has 0 aliphatic carbocycles. The van der Waals surface area contributed by atoms with Gasteiger partial charge in [-0.25, -0.2) is 0 Å². The molecule has 7 heteroatoms. The minimum absolute atomic E-state index is 0. The Morgan fingerprint density at radius 1 is 1.43 bits per heavy atom. The van der Waals surface area contributed by atoms with Gasteiger partial charge in [0.05, 0.1) is 11.7 Å². The lowest BCUT2D eigenvalue weighted by Gasteiger charge is -2.35. The molecule has 6 nitrogen and oxygen atoms in total. The molecule has 0 bridgehead atoms. The lowest BCUT2D eigenvalue weighted by molar-refractivity contribution is -0.134. The number of carbonyl (C=O) groups excluding carboxylic acids is 1. The maximum Gasteiger partial charge on any atom is 0.239 e. The van der Waals surface area contributed by atoms with Crippen molar-refractivity contribution in [1.82, 2.24) is 20.3 Å². The number of nitrogens with one attached hydrogen (secondary N) is 1. The summed E-state index contributed by atoms with van der Waals surface area (Å²) in [4.78, 5) is 16.6. The minimum atomic E-state index is 0. The van der Waals surface area contributed by atoms with Gasteiger partial charge in [0.2, 0.25) is 5.91 Å². The van der Waals surface area contributed by atoms with Crippen LogP contribution in [0, 0.1) is 6.92 Å². The number of aryl methyl sites for hydroxylation is 1. The predicted octanol–water partition coefficient (Wildman–Crippen LogP) is 0.801. The van der Waals surface area contributed by atoms with E-state index in [9.17, 15) is 4.79 Å². The standard InChI is InChI=1S/C14H22N4O2.ClH/c1-11-9-12(16-20-11)10-17-5-7-18(8-6-17)14(19)13-3-2-4-15-13;/h9,13,15H,2-8,10H2,1H3;1H. The molecule has 0 spiro atoms. The summed E-state index contributed by atoms with van der Waals surface area (Å²) >= 11 is 0. The van der Waals surface area contributed by atoms with Crippen LogP contribution in [0.15, 0.2) is 10.6 Å². The first-order valence-corrected chi connectivity index (χ1v) is 7.39. The Morgan fingerprint density at radius 3 is 2.76 bits per heavy atom. The molecule has 21 heavy (non-hydrogen) atoms. The maximum atomic E-state index is 12.3. The van der Waals surface area contributed by atoms with E-state index in [4.69, 9.17) is 4.52 Å². The monoisotopic (exact) mass is 314 g/mol. The molecule has 118 valence electrons. The van der Waals surface area contributed by atoms with E-state index < -0.39 is 0 Å². The number of nitrogens with zero attached hydrogens (tertiary/aromatic N) is 3. The highest BCUT2D eigenvalue weighted by Gasteiger charge is 2.29. The summed E-state index contributed by atoms with van der Waals surface area (Å²) < 4.78 is 5.08. The summed E-state index contributed by atoms with van der Waals surface area (Å²) in [5.74, 6) is 1.13. The minimum Gasteiger partial charge on any atom is -0.361 e. The van der Waals surface area contributed by atoms with Crippen LogP contribution in [0.4, 0.5) is 0 Å². The topological polar surface area (TPSA) is 61.6 Å². The van der Waals surface area contributed by atoms with Crippen molar-refractivity contribution < 1.29 is 9.32 Å². The van der Waals surface area contributed by atoms with E-state index in [2.05, 4.69) is 15.4 Å². The fraction of sp³-hybridized carbons (Fsp3) is 0.714. The molecule has 2 aliphatic heterocycles. The lowest BCUT2D eigenvalue weighted by Crippen LogP contribution is -2.52. The number of hydrogen-bond donors (Lipinski definition) is 1. The highest BCUT2D eigenvalue weighted by Crippen LogP contribution is 2.13. The van der Waals surface area contributed by atoms with Crippen molar-refractivity contribution in [2.45, 2.75) is 32.4 Å². The van der Waals surface area contributed by atoms with E-state index in [1.165, 1.54) is 0 Å². The molecule has 1 aromatic rings. The molecule has 1 N–H and O–H groups in total. The molecule has 0 aromatic carbocycles. The Labute approximate surface area is 131 Å². The van der Waals surface area contributed by atoms with Gasteiger partial charge in [-0.1, -0.05) is 5.16 Å². The van der Waals surface area contributed by atoms with Crippen molar-refractivity contribution >= 4 is 18.3 Å². The van der Waals surface area contributed by atoms with Crippen LogP contribution in [0.25, 0.3) is 0 Å². The molecule has 2 fully saturated rings. The average molecular weight is 315 g/mol. The summed E-state index contributed by atoms with van der Waals surface area (Å²) in [6.07, 6.45) is 2.10. The van der Waals surface area contributed by atoms with Gasteiger partial charge in [0.25, 0.3) is 0 Å². The number of amides is 1. The highest BCUT2D eigenvalue weighted by atomic mass is 35.5. The van der Waals surface area contributed by atoms with Crippen molar-refractivity contribution in [3.05, 3.63) is 17.5 Å². The molecule has 1 unspecified atom stereocenters. The normalized spacial score (nSPS) is 23.1. The summed E-state index contributed by atoms with van der Waals surface area (Å²) in [6.45, 7) is 7.13. The Kier molecular flexibility index (Phi) is 5.61. The molecular weight excluding hydrogens is 292 g/mol. The highest BCUT2D eigenvalue weighted by molar-refractivity contribution is 5.85. The first-order chi connectivity index (χ1) is 9.72. The second-order valence-corrected chi connectivity index (χ2v) is 5.68. The molecule has 2 aliphatic rings. The predicted molar refractivity (Wildman–Crippen MR) is 81.4 cm³/mol. The third kappa shape index (κ3) is 3.96. The smallest absolute Gasteiger partial charge is 0.239 e. The second-order valence-electron chi connectivity index (χ2n) is 5.68. The maximum absolute atomic E-state index is 12.3. The van der Waals surface area contributed by atoms with Crippen molar-refractivity contribution in [2.75, 3.05) is 32.7 Å². The quantitative estimate of drug-likeness (QED) is 0.894. The first-order valence-electron chi connectivity index (χ1n) is 7.39. The molecule has 1 amide bonds. The zero-order valence-electron chi connectivity index (χ0n) is 12.4. The SMILES string of the molecule is Cc1cc(CN2CCN(C(=O)C3CCCN3)CC2)no1.Cl. The van der Waals surface area contributed by atoms with E-state index in [-0.39, 0.29) is 24.4 Å².